The summed E-state index contributed by atoms with van der Waals surface area (Å²) in [6, 6.07) is 12.4. The number of carbonyl (C=O) groups excluding carboxylic acids is 1. The summed E-state index contributed by atoms with van der Waals surface area (Å²) < 4.78 is 3.89. The molecule has 2 aromatic heterocycles. The molecule has 3 aromatic rings. The zero-order chi connectivity index (χ0) is 18.5. The molecule has 1 saturated heterocycles. The lowest BCUT2D eigenvalue weighted by Crippen LogP contribution is -2.42. The van der Waals surface area contributed by atoms with Crippen molar-refractivity contribution in [2.45, 2.75) is 44.8 Å². The summed E-state index contributed by atoms with van der Waals surface area (Å²) in [4.78, 5) is 15.4. The Morgan fingerprint density at radius 2 is 1.89 bits per heavy atom. The van der Waals surface area contributed by atoms with E-state index in [9.17, 15) is 4.79 Å². The number of carbonyl (C=O) groups is 1. The van der Waals surface area contributed by atoms with Gasteiger partial charge in [0.15, 0.2) is 5.82 Å². The van der Waals surface area contributed by atoms with Crippen molar-refractivity contribution in [2.24, 2.45) is 7.05 Å². The highest BCUT2D eigenvalue weighted by molar-refractivity contribution is 5.93. The van der Waals surface area contributed by atoms with Gasteiger partial charge >= 0.3 is 0 Å². The lowest BCUT2D eigenvalue weighted by Gasteiger charge is -2.28. The maximum absolute atomic E-state index is 13.3. The van der Waals surface area contributed by atoms with Gasteiger partial charge in [0, 0.05) is 31.6 Å². The highest BCUT2D eigenvalue weighted by Crippen LogP contribution is 2.34. The molecule has 138 valence electrons. The van der Waals surface area contributed by atoms with Crippen molar-refractivity contribution < 1.29 is 4.79 Å². The molecule has 2 atom stereocenters. The van der Waals surface area contributed by atoms with Crippen LogP contribution in [-0.4, -0.2) is 47.4 Å². The second-order valence-electron chi connectivity index (χ2n) is 7.51. The number of hydrogen-bond acceptors (Lipinski definition) is 4. The molecule has 2 aliphatic rings. The molecule has 4 heterocycles. The summed E-state index contributed by atoms with van der Waals surface area (Å²) in [7, 11) is 1.84. The van der Waals surface area contributed by atoms with Crippen molar-refractivity contribution >= 4 is 5.91 Å². The Kier molecular flexibility index (Phi) is 3.63. The zero-order valence-corrected chi connectivity index (χ0v) is 15.5. The fraction of sp³-hybridized carbons (Fsp3) is 0.400. The minimum atomic E-state index is 0.0746. The lowest BCUT2D eigenvalue weighted by molar-refractivity contribution is 0.0654. The molecule has 1 aromatic carbocycles. The molecule has 27 heavy (non-hydrogen) atoms. The maximum atomic E-state index is 13.3. The quantitative estimate of drug-likeness (QED) is 0.701. The number of amides is 1. The average molecular weight is 362 g/mol. The van der Waals surface area contributed by atoms with E-state index >= 15 is 0 Å². The molecule has 0 saturated carbocycles. The van der Waals surface area contributed by atoms with Crippen molar-refractivity contribution in [2.75, 3.05) is 0 Å². The van der Waals surface area contributed by atoms with Crippen molar-refractivity contribution in [3.63, 3.8) is 0 Å². The predicted molar refractivity (Wildman–Crippen MR) is 100 cm³/mol. The Bertz CT molecular complexity index is 1000. The summed E-state index contributed by atoms with van der Waals surface area (Å²) >= 11 is 0. The standard InChI is InChI=1S/C20H22N6O/c1-13-10-17(24(2)23-13)20(27)26-15-8-9-16(26)12-25-18(11-15)21-22-19(25)14-6-4-3-5-7-14/h3-7,10,15-16H,8-9,11-12H2,1-2H3/t15-,16+/m0/s1. The Hall–Kier alpha value is -2.96. The fourth-order valence-electron chi connectivity index (χ4n) is 4.52. The summed E-state index contributed by atoms with van der Waals surface area (Å²) in [5.41, 5.74) is 2.59. The number of hydrogen-bond donors (Lipinski definition) is 0. The van der Waals surface area contributed by atoms with Gasteiger partial charge in [-0.1, -0.05) is 30.3 Å². The van der Waals surface area contributed by atoms with Gasteiger partial charge in [-0.05, 0) is 25.8 Å². The van der Waals surface area contributed by atoms with E-state index in [2.05, 4.69) is 36.9 Å². The van der Waals surface area contributed by atoms with Gasteiger partial charge in [-0.3, -0.25) is 9.48 Å². The molecule has 2 bridgehead atoms. The van der Waals surface area contributed by atoms with Crippen molar-refractivity contribution in [3.05, 3.63) is 53.6 Å². The number of nitrogens with zero attached hydrogens (tertiary/aromatic N) is 6. The van der Waals surface area contributed by atoms with Gasteiger partial charge in [0.1, 0.15) is 11.5 Å². The summed E-state index contributed by atoms with van der Waals surface area (Å²) in [6.45, 7) is 2.66. The monoisotopic (exact) mass is 362 g/mol. The van der Waals surface area contributed by atoms with Crippen molar-refractivity contribution in [1.29, 1.82) is 0 Å². The molecule has 5 rings (SSSR count). The van der Waals surface area contributed by atoms with Crippen LogP contribution in [0.1, 0.15) is 34.8 Å². The Morgan fingerprint density at radius 3 is 2.63 bits per heavy atom. The normalized spacial score (nSPS) is 21.2. The third-order valence-electron chi connectivity index (χ3n) is 5.75. The third-order valence-corrected chi connectivity index (χ3v) is 5.75. The molecular formula is C20H22N6O. The molecule has 0 radical (unpaired) electrons. The van der Waals surface area contributed by atoms with Crippen LogP contribution in [0.25, 0.3) is 11.4 Å². The Labute approximate surface area is 157 Å². The molecule has 0 spiro atoms. The first kappa shape index (κ1) is 16.2. The van der Waals surface area contributed by atoms with E-state index in [0.29, 0.717) is 5.69 Å². The number of fused-ring (bicyclic) bond motifs is 3. The van der Waals surface area contributed by atoms with E-state index in [1.54, 1.807) is 4.68 Å². The summed E-state index contributed by atoms with van der Waals surface area (Å²) in [6.07, 6.45) is 2.78. The van der Waals surface area contributed by atoms with Gasteiger partial charge < -0.3 is 9.47 Å². The maximum Gasteiger partial charge on any atom is 0.272 e. The molecular weight excluding hydrogens is 340 g/mol. The third kappa shape index (κ3) is 2.57. The van der Waals surface area contributed by atoms with E-state index in [1.807, 2.05) is 38.2 Å². The summed E-state index contributed by atoms with van der Waals surface area (Å²) in [5.74, 6) is 1.94. The predicted octanol–water partition coefficient (Wildman–Crippen LogP) is 2.22. The Balaban J connectivity index is 1.50. The molecule has 7 heteroatoms. The number of rotatable bonds is 2. The zero-order valence-electron chi connectivity index (χ0n) is 15.5. The highest BCUT2D eigenvalue weighted by Gasteiger charge is 2.42. The number of benzene rings is 1. The highest BCUT2D eigenvalue weighted by atomic mass is 16.2. The Morgan fingerprint density at radius 1 is 1.11 bits per heavy atom. The minimum absolute atomic E-state index is 0.0746. The summed E-state index contributed by atoms with van der Waals surface area (Å²) in [5, 5.41) is 13.3. The van der Waals surface area contributed by atoms with Gasteiger partial charge in [0.25, 0.3) is 5.91 Å². The first-order valence-corrected chi connectivity index (χ1v) is 9.42. The van der Waals surface area contributed by atoms with Crippen LogP contribution in [0.4, 0.5) is 0 Å². The molecule has 7 nitrogen and oxygen atoms in total. The smallest absolute Gasteiger partial charge is 0.272 e. The van der Waals surface area contributed by atoms with Crippen molar-refractivity contribution in [3.8, 4) is 11.4 Å². The van der Waals surface area contributed by atoms with Gasteiger partial charge in [0.2, 0.25) is 0 Å². The van der Waals surface area contributed by atoms with Gasteiger partial charge in [-0.15, -0.1) is 10.2 Å². The first-order chi connectivity index (χ1) is 13.1. The van der Waals surface area contributed by atoms with E-state index in [-0.39, 0.29) is 18.0 Å². The fourth-order valence-corrected chi connectivity index (χ4v) is 4.52. The molecule has 0 unspecified atom stereocenters. The van der Waals surface area contributed by atoms with E-state index in [1.165, 1.54) is 0 Å². The second kappa shape index (κ2) is 6.04. The molecule has 1 amide bonds. The van der Waals surface area contributed by atoms with Crippen LogP contribution in [0.2, 0.25) is 0 Å². The molecule has 2 aliphatic heterocycles. The lowest BCUT2D eigenvalue weighted by atomic mass is 10.1. The van der Waals surface area contributed by atoms with Crippen LogP contribution in [0, 0.1) is 6.92 Å². The number of aromatic nitrogens is 5. The minimum Gasteiger partial charge on any atom is -0.329 e. The van der Waals surface area contributed by atoms with Crippen LogP contribution in [0.3, 0.4) is 0 Å². The SMILES string of the molecule is Cc1cc(C(=O)N2[C@@H]3CC[C@H]2Cc2nnc(-c4ccccc4)n2C3)n(C)n1. The van der Waals surface area contributed by atoms with Crippen LogP contribution >= 0.6 is 0 Å². The van der Waals surface area contributed by atoms with E-state index < -0.39 is 0 Å². The first-order valence-electron chi connectivity index (χ1n) is 9.42. The van der Waals surface area contributed by atoms with Crippen LogP contribution in [0.15, 0.2) is 36.4 Å². The molecule has 1 fully saturated rings. The van der Waals surface area contributed by atoms with E-state index in [4.69, 9.17) is 0 Å². The topological polar surface area (TPSA) is 68.8 Å². The number of aryl methyl sites for hydroxylation is 2. The van der Waals surface area contributed by atoms with Crippen molar-refractivity contribution in [1.82, 2.24) is 29.4 Å². The largest absolute Gasteiger partial charge is 0.329 e. The average Bonchev–Trinajstić information content (AvgIpc) is 3.30. The van der Waals surface area contributed by atoms with Crippen LogP contribution < -0.4 is 0 Å². The molecule has 0 N–H and O–H groups in total. The second-order valence-corrected chi connectivity index (χ2v) is 7.51. The van der Waals surface area contributed by atoms with Crippen LogP contribution in [-0.2, 0) is 20.0 Å². The van der Waals surface area contributed by atoms with Gasteiger partial charge in [-0.25, -0.2) is 0 Å². The van der Waals surface area contributed by atoms with E-state index in [0.717, 1.165) is 48.7 Å². The van der Waals surface area contributed by atoms with Gasteiger partial charge in [-0.2, -0.15) is 5.10 Å². The molecule has 0 aliphatic carbocycles. The van der Waals surface area contributed by atoms with Crippen LogP contribution in [0.5, 0.6) is 0 Å². The van der Waals surface area contributed by atoms with Gasteiger partial charge in [0.05, 0.1) is 11.7 Å².